The fraction of sp³-hybridized carbons (Fsp3) is 0.200. The Hall–Kier alpha value is -4.52. The Bertz CT molecular complexity index is 1790. The molecule has 1 N–H and O–H groups in total. The third kappa shape index (κ3) is 3.42. The Kier molecular flexibility index (Phi) is 5.30. The zero-order valence-corrected chi connectivity index (χ0v) is 21.3. The minimum Gasteiger partial charge on any atom is -0.494 e. The molecule has 0 unspecified atom stereocenters. The predicted octanol–water partition coefficient (Wildman–Crippen LogP) is 4.92. The van der Waals surface area contributed by atoms with E-state index in [0.717, 1.165) is 45.2 Å². The van der Waals surface area contributed by atoms with Crippen LogP contribution in [0.2, 0.25) is 0 Å². The van der Waals surface area contributed by atoms with Gasteiger partial charge in [-0.05, 0) is 55.3 Å². The number of benzene rings is 3. The fourth-order valence-corrected chi connectivity index (χ4v) is 5.46. The number of hydrogen-bond donors (Lipinski definition) is 1. The van der Waals surface area contributed by atoms with Gasteiger partial charge in [0.2, 0.25) is 0 Å². The molecule has 3 aromatic carbocycles. The third-order valence-corrected chi connectivity index (χ3v) is 7.14. The van der Waals surface area contributed by atoms with Crippen LogP contribution in [0.25, 0.3) is 27.8 Å². The SMILES string of the molecule is CCOc1ccc([C@@H]2Nc3ccccc3-n3c(-c4cccc(C)c4)c4c(=O)n(C)c(=O)n(C)c4c32)cc1. The van der Waals surface area contributed by atoms with Crippen molar-refractivity contribution in [2.45, 2.75) is 19.9 Å². The van der Waals surface area contributed by atoms with E-state index in [1.165, 1.54) is 11.6 Å². The van der Waals surface area contributed by atoms with E-state index in [1.54, 1.807) is 11.6 Å². The first-order valence-corrected chi connectivity index (χ1v) is 12.4. The lowest BCUT2D eigenvalue weighted by Gasteiger charge is -2.31. The summed E-state index contributed by atoms with van der Waals surface area (Å²) in [5.74, 6) is 0.796. The minimum absolute atomic E-state index is 0.302. The zero-order valence-electron chi connectivity index (χ0n) is 21.3. The molecule has 7 heteroatoms. The van der Waals surface area contributed by atoms with Gasteiger partial charge in [0.15, 0.2) is 0 Å². The van der Waals surface area contributed by atoms with Crippen molar-refractivity contribution in [3.63, 3.8) is 0 Å². The van der Waals surface area contributed by atoms with Gasteiger partial charge in [-0.15, -0.1) is 0 Å². The first-order valence-electron chi connectivity index (χ1n) is 12.4. The maximum atomic E-state index is 13.8. The maximum absolute atomic E-state index is 13.8. The van der Waals surface area contributed by atoms with Crippen molar-refractivity contribution in [3.8, 4) is 22.7 Å². The lowest BCUT2D eigenvalue weighted by molar-refractivity contribution is 0.340. The average molecular weight is 493 g/mol. The molecule has 6 rings (SSSR count). The van der Waals surface area contributed by atoms with Crippen molar-refractivity contribution >= 4 is 16.6 Å². The average Bonchev–Trinajstić information content (AvgIpc) is 3.28. The second kappa shape index (κ2) is 8.55. The molecule has 0 radical (unpaired) electrons. The quantitative estimate of drug-likeness (QED) is 0.387. The number of anilines is 1. The molecule has 0 fully saturated rings. The molecule has 2 aromatic heterocycles. The van der Waals surface area contributed by atoms with Gasteiger partial charge in [-0.2, -0.15) is 0 Å². The van der Waals surface area contributed by atoms with Gasteiger partial charge in [-0.1, -0.05) is 48.0 Å². The van der Waals surface area contributed by atoms with Crippen molar-refractivity contribution in [1.29, 1.82) is 0 Å². The van der Waals surface area contributed by atoms with Crippen molar-refractivity contribution in [2.24, 2.45) is 14.1 Å². The largest absolute Gasteiger partial charge is 0.494 e. The molecule has 37 heavy (non-hydrogen) atoms. The smallest absolute Gasteiger partial charge is 0.331 e. The topological polar surface area (TPSA) is 70.2 Å². The zero-order chi connectivity index (χ0) is 25.8. The van der Waals surface area contributed by atoms with Gasteiger partial charge in [0.25, 0.3) is 5.56 Å². The Morgan fingerprint density at radius 2 is 1.68 bits per heavy atom. The molecule has 0 saturated carbocycles. The van der Waals surface area contributed by atoms with Crippen LogP contribution in [-0.2, 0) is 14.1 Å². The second-order valence-electron chi connectivity index (χ2n) is 9.46. The van der Waals surface area contributed by atoms with Gasteiger partial charge < -0.3 is 14.6 Å². The van der Waals surface area contributed by atoms with Gasteiger partial charge in [0.1, 0.15) is 5.75 Å². The van der Waals surface area contributed by atoms with Gasteiger partial charge in [-0.25, -0.2) is 4.79 Å². The van der Waals surface area contributed by atoms with Gasteiger partial charge in [0.05, 0.1) is 46.3 Å². The van der Waals surface area contributed by atoms with E-state index in [-0.39, 0.29) is 17.3 Å². The summed E-state index contributed by atoms with van der Waals surface area (Å²) < 4.78 is 10.6. The Morgan fingerprint density at radius 3 is 2.41 bits per heavy atom. The number of para-hydroxylation sites is 2. The Labute approximate surface area is 214 Å². The number of ether oxygens (including phenoxy) is 1. The number of aryl methyl sites for hydroxylation is 2. The van der Waals surface area contributed by atoms with Crippen molar-refractivity contribution in [1.82, 2.24) is 13.7 Å². The highest BCUT2D eigenvalue weighted by atomic mass is 16.5. The number of rotatable bonds is 4. The lowest BCUT2D eigenvalue weighted by atomic mass is 9.99. The highest BCUT2D eigenvalue weighted by Crippen LogP contribution is 2.45. The Morgan fingerprint density at radius 1 is 0.919 bits per heavy atom. The van der Waals surface area contributed by atoms with Crippen LogP contribution in [0.5, 0.6) is 5.75 Å². The first-order chi connectivity index (χ1) is 17.9. The predicted molar refractivity (Wildman–Crippen MR) is 147 cm³/mol. The Balaban J connectivity index is 1.79. The van der Waals surface area contributed by atoms with Crippen LogP contribution in [0.4, 0.5) is 5.69 Å². The lowest BCUT2D eigenvalue weighted by Crippen LogP contribution is -2.37. The molecule has 7 nitrogen and oxygen atoms in total. The number of fused-ring (bicyclic) bond motifs is 5. The second-order valence-corrected chi connectivity index (χ2v) is 9.46. The highest BCUT2D eigenvalue weighted by molar-refractivity contribution is 5.99. The molecule has 0 amide bonds. The number of nitrogens with one attached hydrogen (secondary N) is 1. The van der Waals surface area contributed by atoms with Gasteiger partial charge in [-0.3, -0.25) is 13.9 Å². The number of hydrogen-bond acceptors (Lipinski definition) is 4. The molecule has 0 saturated heterocycles. The molecule has 0 bridgehead atoms. The minimum atomic E-state index is -0.356. The van der Waals surface area contributed by atoms with E-state index in [4.69, 9.17) is 4.74 Å². The molecule has 1 atom stereocenters. The molecular weight excluding hydrogens is 464 g/mol. The van der Waals surface area contributed by atoms with Crippen LogP contribution in [0.3, 0.4) is 0 Å². The molecule has 186 valence electrons. The summed E-state index contributed by atoms with van der Waals surface area (Å²) in [5.41, 5.74) is 6.51. The van der Waals surface area contributed by atoms with Crippen molar-refractivity contribution in [2.75, 3.05) is 11.9 Å². The van der Waals surface area contributed by atoms with E-state index < -0.39 is 0 Å². The van der Waals surface area contributed by atoms with E-state index >= 15 is 0 Å². The standard InChI is InChI=1S/C30H28N4O3/c1-5-37-21-15-13-19(14-16-21)25-28-27-24(29(35)33(4)30(36)32(27)3)26(20-10-8-9-18(2)17-20)34(28)23-12-7-6-11-22(23)31-25/h6-17,25,31H,5H2,1-4H3/t25-/m0/s1. The normalized spacial score (nSPS) is 14.2. The van der Waals surface area contributed by atoms with Crippen molar-refractivity contribution < 1.29 is 4.74 Å². The van der Waals surface area contributed by atoms with Crippen LogP contribution in [0.15, 0.2) is 82.4 Å². The van der Waals surface area contributed by atoms with Crippen LogP contribution < -0.4 is 21.3 Å². The highest BCUT2D eigenvalue weighted by Gasteiger charge is 2.34. The number of aromatic nitrogens is 3. The molecule has 1 aliphatic rings. The summed E-state index contributed by atoms with van der Waals surface area (Å²) in [6, 6.07) is 23.9. The molecule has 5 aromatic rings. The summed E-state index contributed by atoms with van der Waals surface area (Å²) in [6.45, 7) is 4.59. The van der Waals surface area contributed by atoms with Gasteiger partial charge in [0, 0.05) is 14.1 Å². The van der Waals surface area contributed by atoms with E-state index in [0.29, 0.717) is 17.5 Å². The molecule has 1 aliphatic heterocycles. The van der Waals surface area contributed by atoms with Crippen LogP contribution in [0.1, 0.15) is 29.8 Å². The van der Waals surface area contributed by atoms with Crippen molar-refractivity contribution in [3.05, 3.63) is 110 Å². The number of nitrogens with zero attached hydrogens (tertiary/aromatic N) is 3. The monoisotopic (exact) mass is 492 g/mol. The van der Waals surface area contributed by atoms with Crippen LogP contribution >= 0.6 is 0 Å². The summed E-state index contributed by atoms with van der Waals surface area (Å²) in [5, 5.41) is 4.21. The summed E-state index contributed by atoms with van der Waals surface area (Å²) in [7, 11) is 3.28. The summed E-state index contributed by atoms with van der Waals surface area (Å²) >= 11 is 0. The summed E-state index contributed by atoms with van der Waals surface area (Å²) in [4.78, 5) is 26.9. The molecular formula is C30H28N4O3. The first kappa shape index (κ1) is 22.9. The van der Waals surface area contributed by atoms with E-state index in [2.05, 4.69) is 16.0 Å². The molecule has 0 spiro atoms. The third-order valence-electron chi connectivity index (χ3n) is 7.14. The van der Waals surface area contributed by atoms with Crippen LogP contribution in [-0.4, -0.2) is 20.3 Å². The summed E-state index contributed by atoms with van der Waals surface area (Å²) in [6.07, 6.45) is 0. The van der Waals surface area contributed by atoms with Gasteiger partial charge >= 0.3 is 5.69 Å². The van der Waals surface area contributed by atoms with E-state index in [9.17, 15) is 9.59 Å². The maximum Gasteiger partial charge on any atom is 0.331 e. The van der Waals surface area contributed by atoms with E-state index in [1.807, 2.05) is 80.6 Å². The fourth-order valence-electron chi connectivity index (χ4n) is 5.46. The molecule has 3 heterocycles. The molecule has 0 aliphatic carbocycles. The van der Waals surface area contributed by atoms with Crippen LogP contribution in [0, 0.1) is 6.92 Å².